The number of aryl methyl sites for hydroxylation is 1. The first-order valence-corrected chi connectivity index (χ1v) is 6.35. The van der Waals surface area contributed by atoms with Crippen LogP contribution in [-0.4, -0.2) is 24.3 Å². The molecule has 0 bridgehead atoms. The molecule has 1 aromatic heterocycles. The minimum atomic E-state index is 0.547. The highest BCUT2D eigenvalue weighted by atomic mass is 16.4. The highest BCUT2D eigenvalue weighted by molar-refractivity contribution is 5.36. The Bertz CT molecular complexity index is 550. The van der Waals surface area contributed by atoms with Crippen LogP contribution in [-0.2, 0) is 13.1 Å². The molecule has 0 amide bonds. The predicted molar refractivity (Wildman–Crippen MR) is 75.1 cm³/mol. The maximum absolute atomic E-state index is 5.57. The van der Waals surface area contributed by atoms with E-state index in [4.69, 9.17) is 4.42 Å². The number of hydrogen-bond donors (Lipinski definition) is 1. The number of anilines is 1. The minimum Gasteiger partial charge on any atom is -0.407 e. The molecule has 0 radical (unpaired) electrons. The summed E-state index contributed by atoms with van der Waals surface area (Å²) in [4.78, 5) is 1.97. The molecule has 2 aromatic rings. The molecule has 102 valence electrons. The van der Waals surface area contributed by atoms with Gasteiger partial charge in [0.25, 0.3) is 0 Å². The van der Waals surface area contributed by atoms with Gasteiger partial charge in [-0.3, -0.25) is 0 Å². The Balaban J connectivity index is 2.11. The fourth-order valence-corrected chi connectivity index (χ4v) is 1.93. The van der Waals surface area contributed by atoms with Crippen molar-refractivity contribution in [1.29, 1.82) is 0 Å². The zero-order chi connectivity index (χ0) is 13.8. The molecule has 1 heterocycles. The van der Waals surface area contributed by atoms with E-state index in [0.717, 1.165) is 6.54 Å². The lowest BCUT2D eigenvalue weighted by atomic mass is 10.0. The molecule has 0 unspecified atom stereocenters. The molecule has 0 fully saturated rings. The predicted octanol–water partition coefficient (Wildman–Crippen LogP) is 2.04. The van der Waals surface area contributed by atoms with Gasteiger partial charge in [-0.15, -0.1) is 5.10 Å². The van der Waals surface area contributed by atoms with E-state index in [1.807, 2.05) is 19.0 Å². The van der Waals surface area contributed by atoms with Gasteiger partial charge in [-0.2, -0.15) is 0 Å². The summed E-state index contributed by atoms with van der Waals surface area (Å²) < 4.78 is 5.57. The number of nitrogens with zero attached hydrogens (tertiary/aromatic N) is 3. The summed E-state index contributed by atoms with van der Waals surface area (Å²) in [5.41, 5.74) is 3.88. The van der Waals surface area contributed by atoms with Crippen LogP contribution in [0, 0.1) is 13.8 Å². The molecule has 0 spiro atoms. The number of aromatic nitrogens is 2. The van der Waals surface area contributed by atoms with Crippen LogP contribution in [0.25, 0.3) is 0 Å². The van der Waals surface area contributed by atoms with Crippen LogP contribution < -0.4 is 10.2 Å². The Hall–Kier alpha value is -1.88. The molecular formula is C14H20N4O. The van der Waals surface area contributed by atoms with Gasteiger partial charge in [0, 0.05) is 13.6 Å². The Morgan fingerprint density at radius 3 is 2.79 bits per heavy atom. The van der Waals surface area contributed by atoms with Crippen LogP contribution in [0.3, 0.4) is 0 Å². The van der Waals surface area contributed by atoms with Gasteiger partial charge in [-0.05, 0) is 37.6 Å². The third kappa shape index (κ3) is 3.12. The van der Waals surface area contributed by atoms with Crippen molar-refractivity contribution in [3.05, 3.63) is 40.8 Å². The first kappa shape index (κ1) is 13.5. The normalized spacial score (nSPS) is 10.7. The lowest BCUT2D eigenvalue weighted by Crippen LogP contribution is -2.17. The molecule has 0 aliphatic rings. The monoisotopic (exact) mass is 260 g/mol. The average Bonchev–Trinajstić information content (AvgIpc) is 2.84. The summed E-state index contributed by atoms with van der Waals surface area (Å²) in [6.07, 6.45) is 0. The Labute approximate surface area is 113 Å². The van der Waals surface area contributed by atoms with E-state index in [9.17, 15) is 0 Å². The molecule has 5 heteroatoms. The maximum Gasteiger partial charge on any atom is 0.318 e. The van der Waals surface area contributed by atoms with E-state index in [0.29, 0.717) is 18.5 Å². The summed E-state index contributed by atoms with van der Waals surface area (Å²) >= 11 is 0. The molecule has 0 saturated heterocycles. The van der Waals surface area contributed by atoms with Crippen molar-refractivity contribution in [3.8, 4) is 0 Å². The zero-order valence-electron chi connectivity index (χ0n) is 11.9. The largest absolute Gasteiger partial charge is 0.407 e. The summed E-state index contributed by atoms with van der Waals surface area (Å²) in [7, 11) is 3.81. The molecule has 2 rings (SSSR count). The minimum absolute atomic E-state index is 0.547. The molecule has 19 heavy (non-hydrogen) atoms. The molecule has 0 aliphatic heterocycles. The van der Waals surface area contributed by atoms with Gasteiger partial charge in [0.15, 0.2) is 0 Å². The van der Waals surface area contributed by atoms with Crippen LogP contribution in [0.1, 0.15) is 22.6 Å². The number of hydrogen-bond acceptors (Lipinski definition) is 5. The van der Waals surface area contributed by atoms with E-state index in [1.54, 1.807) is 0 Å². The SMILES string of the molecule is CNCc1nnc(N(C)Cc2cccc(C)c2C)o1. The van der Waals surface area contributed by atoms with Crippen molar-refractivity contribution >= 4 is 6.01 Å². The number of rotatable bonds is 5. The van der Waals surface area contributed by atoms with Gasteiger partial charge in [0.2, 0.25) is 5.89 Å². The zero-order valence-corrected chi connectivity index (χ0v) is 11.9. The van der Waals surface area contributed by atoms with Gasteiger partial charge in [-0.25, -0.2) is 0 Å². The van der Waals surface area contributed by atoms with Crippen molar-refractivity contribution in [3.63, 3.8) is 0 Å². The topological polar surface area (TPSA) is 54.2 Å². The molecule has 0 saturated carbocycles. The van der Waals surface area contributed by atoms with Gasteiger partial charge < -0.3 is 14.6 Å². The average molecular weight is 260 g/mol. The molecule has 5 nitrogen and oxygen atoms in total. The van der Waals surface area contributed by atoms with Crippen LogP contribution in [0.5, 0.6) is 0 Å². The van der Waals surface area contributed by atoms with Crippen molar-refractivity contribution < 1.29 is 4.42 Å². The molecular weight excluding hydrogens is 240 g/mol. The quantitative estimate of drug-likeness (QED) is 0.891. The van der Waals surface area contributed by atoms with Crippen LogP contribution in [0.2, 0.25) is 0 Å². The lowest BCUT2D eigenvalue weighted by Gasteiger charge is -2.16. The molecule has 0 aliphatic carbocycles. The Morgan fingerprint density at radius 2 is 2.05 bits per heavy atom. The summed E-state index contributed by atoms with van der Waals surface area (Å²) in [6.45, 7) is 5.61. The van der Waals surface area contributed by atoms with Gasteiger partial charge in [0.1, 0.15) is 0 Å². The first-order valence-electron chi connectivity index (χ1n) is 6.35. The van der Waals surface area contributed by atoms with Crippen molar-refractivity contribution in [2.75, 3.05) is 19.0 Å². The van der Waals surface area contributed by atoms with Crippen molar-refractivity contribution in [2.45, 2.75) is 26.9 Å². The summed E-state index contributed by atoms with van der Waals surface area (Å²) in [5.74, 6) is 0.602. The second-order valence-electron chi connectivity index (χ2n) is 4.72. The van der Waals surface area contributed by atoms with Gasteiger partial charge in [-0.1, -0.05) is 23.3 Å². The van der Waals surface area contributed by atoms with Gasteiger partial charge in [0.05, 0.1) is 6.54 Å². The summed E-state index contributed by atoms with van der Waals surface area (Å²) in [5, 5.41) is 11.0. The smallest absolute Gasteiger partial charge is 0.318 e. The number of nitrogens with one attached hydrogen (secondary N) is 1. The van der Waals surface area contributed by atoms with Crippen LogP contribution in [0.15, 0.2) is 22.6 Å². The van der Waals surface area contributed by atoms with Crippen molar-refractivity contribution in [1.82, 2.24) is 15.5 Å². The fraction of sp³-hybridized carbons (Fsp3) is 0.429. The second-order valence-corrected chi connectivity index (χ2v) is 4.72. The fourth-order valence-electron chi connectivity index (χ4n) is 1.93. The third-order valence-corrected chi connectivity index (χ3v) is 3.24. The van der Waals surface area contributed by atoms with Gasteiger partial charge >= 0.3 is 6.01 Å². The highest BCUT2D eigenvalue weighted by Crippen LogP contribution is 2.18. The molecule has 1 N–H and O–H groups in total. The maximum atomic E-state index is 5.57. The van der Waals surface area contributed by atoms with E-state index < -0.39 is 0 Å². The van der Waals surface area contributed by atoms with Crippen molar-refractivity contribution in [2.24, 2.45) is 0 Å². The summed E-state index contributed by atoms with van der Waals surface area (Å²) in [6, 6.07) is 6.87. The van der Waals surface area contributed by atoms with E-state index >= 15 is 0 Å². The Kier molecular flexibility index (Phi) is 4.16. The Morgan fingerprint density at radius 1 is 1.26 bits per heavy atom. The molecule has 0 atom stereocenters. The third-order valence-electron chi connectivity index (χ3n) is 3.24. The van der Waals surface area contributed by atoms with E-state index in [2.05, 4.69) is 47.6 Å². The van der Waals surface area contributed by atoms with E-state index in [-0.39, 0.29) is 0 Å². The van der Waals surface area contributed by atoms with Crippen LogP contribution >= 0.6 is 0 Å². The van der Waals surface area contributed by atoms with E-state index in [1.165, 1.54) is 16.7 Å². The lowest BCUT2D eigenvalue weighted by molar-refractivity contribution is 0.475. The standard InChI is InChI=1S/C14H20N4O/c1-10-6-5-7-12(11(10)2)9-18(4)14-17-16-13(19-14)8-15-3/h5-7,15H,8-9H2,1-4H3. The highest BCUT2D eigenvalue weighted by Gasteiger charge is 2.12. The molecule has 1 aromatic carbocycles. The van der Waals surface area contributed by atoms with Crippen LogP contribution in [0.4, 0.5) is 6.01 Å². The first-order chi connectivity index (χ1) is 9.11. The second kappa shape index (κ2) is 5.84. The number of benzene rings is 1.